The zero-order valence-corrected chi connectivity index (χ0v) is 9.60. The highest BCUT2D eigenvalue weighted by molar-refractivity contribution is 5.85. The van der Waals surface area contributed by atoms with Crippen molar-refractivity contribution in [1.82, 2.24) is 5.43 Å². The van der Waals surface area contributed by atoms with E-state index in [0.29, 0.717) is 5.92 Å². The van der Waals surface area contributed by atoms with Crippen LogP contribution in [0.15, 0.2) is 35.4 Å². The first-order valence-electron chi connectivity index (χ1n) is 5.54. The Kier molecular flexibility index (Phi) is 3.04. The number of nitrogens with zero attached hydrogens (tertiary/aromatic N) is 1. The molecule has 0 bridgehead atoms. The fourth-order valence-corrected chi connectivity index (χ4v) is 1.80. The van der Waals surface area contributed by atoms with Crippen LogP contribution in [0.25, 0.3) is 0 Å². The van der Waals surface area contributed by atoms with Crippen molar-refractivity contribution in [2.75, 3.05) is 0 Å². The Morgan fingerprint density at radius 1 is 1.31 bits per heavy atom. The van der Waals surface area contributed by atoms with E-state index in [1.807, 2.05) is 32.0 Å². The summed E-state index contributed by atoms with van der Waals surface area (Å²) in [7, 11) is 0. The van der Waals surface area contributed by atoms with Gasteiger partial charge in [0.2, 0.25) is 5.91 Å². The van der Waals surface area contributed by atoms with Gasteiger partial charge < -0.3 is 0 Å². The Labute approximate surface area is 95.6 Å². The second kappa shape index (κ2) is 4.47. The highest BCUT2D eigenvalue weighted by atomic mass is 16.2. The molecule has 3 heteroatoms. The van der Waals surface area contributed by atoms with E-state index >= 15 is 0 Å². The molecule has 1 N–H and O–H groups in total. The van der Waals surface area contributed by atoms with E-state index in [1.54, 1.807) is 0 Å². The molecule has 1 amide bonds. The van der Waals surface area contributed by atoms with Gasteiger partial charge in [-0.15, -0.1) is 0 Å². The van der Waals surface area contributed by atoms with Gasteiger partial charge in [0.25, 0.3) is 0 Å². The first-order valence-corrected chi connectivity index (χ1v) is 5.54. The van der Waals surface area contributed by atoms with E-state index < -0.39 is 0 Å². The molecule has 0 spiro atoms. The summed E-state index contributed by atoms with van der Waals surface area (Å²) < 4.78 is 0. The summed E-state index contributed by atoms with van der Waals surface area (Å²) in [5.74, 6) is 0.522. The quantitative estimate of drug-likeness (QED) is 0.611. The molecule has 0 radical (unpaired) electrons. The fourth-order valence-electron chi connectivity index (χ4n) is 1.80. The minimum atomic E-state index is 0.0371. The van der Waals surface area contributed by atoms with Crippen LogP contribution in [0.5, 0.6) is 0 Å². The van der Waals surface area contributed by atoms with Crippen molar-refractivity contribution in [2.45, 2.75) is 26.2 Å². The maximum Gasteiger partial charge on any atom is 0.243 e. The SMILES string of the molecule is CC(C)=NNC(=O)[C@H]1C[C@@H]1c1ccccc1. The lowest BCUT2D eigenvalue weighted by Crippen LogP contribution is -2.20. The lowest BCUT2D eigenvalue weighted by molar-refractivity contribution is -0.122. The van der Waals surface area contributed by atoms with Gasteiger partial charge in [0.15, 0.2) is 0 Å². The lowest BCUT2D eigenvalue weighted by atomic mass is 10.1. The summed E-state index contributed by atoms with van der Waals surface area (Å²) in [6, 6.07) is 10.2. The molecule has 1 saturated carbocycles. The molecule has 3 nitrogen and oxygen atoms in total. The first kappa shape index (κ1) is 10.9. The lowest BCUT2D eigenvalue weighted by Gasteiger charge is -2.00. The van der Waals surface area contributed by atoms with Crippen molar-refractivity contribution in [3.63, 3.8) is 0 Å². The highest BCUT2D eigenvalue weighted by Crippen LogP contribution is 2.47. The van der Waals surface area contributed by atoms with E-state index in [9.17, 15) is 4.79 Å². The van der Waals surface area contributed by atoms with Crippen LogP contribution in [0.4, 0.5) is 0 Å². The number of hydrogen-bond acceptors (Lipinski definition) is 2. The summed E-state index contributed by atoms with van der Waals surface area (Å²) in [4.78, 5) is 11.7. The number of hydrazone groups is 1. The monoisotopic (exact) mass is 216 g/mol. The topological polar surface area (TPSA) is 41.5 Å². The second-order valence-electron chi connectivity index (χ2n) is 4.39. The molecule has 0 aromatic heterocycles. The molecule has 0 aliphatic heterocycles. The van der Waals surface area contributed by atoms with E-state index in [1.165, 1.54) is 5.56 Å². The average molecular weight is 216 g/mol. The molecular formula is C13H16N2O. The second-order valence-corrected chi connectivity index (χ2v) is 4.39. The third-order valence-electron chi connectivity index (χ3n) is 2.74. The number of amides is 1. The molecule has 0 unspecified atom stereocenters. The van der Waals surface area contributed by atoms with Crippen molar-refractivity contribution >= 4 is 11.6 Å². The van der Waals surface area contributed by atoms with Gasteiger partial charge in [-0.3, -0.25) is 4.79 Å². The number of hydrogen-bond donors (Lipinski definition) is 1. The maximum absolute atomic E-state index is 11.7. The number of carbonyl (C=O) groups is 1. The fraction of sp³-hybridized carbons (Fsp3) is 0.385. The number of nitrogens with one attached hydrogen (secondary N) is 1. The van der Waals surface area contributed by atoms with Gasteiger partial charge >= 0.3 is 0 Å². The van der Waals surface area contributed by atoms with E-state index in [4.69, 9.17) is 0 Å². The predicted octanol–water partition coefficient (Wildman–Crippen LogP) is 2.30. The molecule has 1 aromatic carbocycles. The Hall–Kier alpha value is -1.64. The molecule has 2 atom stereocenters. The molecule has 1 aliphatic carbocycles. The molecular weight excluding hydrogens is 200 g/mol. The third-order valence-corrected chi connectivity index (χ3v) is 2.74. The molecule has 0 heterocycles. The third kappa shape index (κ3) is 2.48. The van der Waals surface area contributed by atoms with Gasteiger partial charge in [-0.05, 0) is 31.7 Å². The predicted molar refractivity (Wildman–Crippen MR) is 64.2 cm³/mol. The van der Waals surface area contributed by atoms with Crippen LogP contribution < -0.4 is 5.43 Å². The number of benzene rings is 1. The number of carbonyl (C=O) groups excluding carboxylic acids is 1. The Morgan fingerprint density at radius 2 is 2.00 bits per heavy atom. The zero-order chi connectivity index (χ0) is 11.5. The Morgan fingerprint density at radius 3 is 2.62 bits per heavy atom. The molecule has 0 saturated heterocycles. The number of rotatable bonds is 3. The summed E-state index contributed by atoms with van der Waals surface area (Å²) in [6.45, 7) is 3.73. The van der Waals surface area contributed by atoms with Crippen LogP contribution in [0.1, 0.15) is 31.7 Å². The van der Waals surface area contributed by atoms with Crippen molar-refractivity contribution < 1.29 is 4.79 Å². The van der Waals surface area contributed by atoms with Crippen molar-refractivity contribution in [1.29, 1.82) is 0 Å². The van der Waals surface area contributed by atoms with Gasteiger partial charge in [-0.1, -0.05) is 30.3 Å². The van der Waals surface area contributed by atoms with Gasteiger partial charge in [-0.2, -0.15) is 5.10 Å². The smallest absolute Gasteiger partial charge is 0.243 e. The van der Waals surface area contributed by atoms with Gasteiger partial charge in [0.1, 0.15) is 0 Å². The van der Waals surface area contributed by atoms with Crippen LogP contribution in [0.3, 0.4) is 0 Å². The van der Waals surface area contributed by atoms with E-state index in [0.717, 1.165) is 12.1 Å². The standard InChI is InChI=1S/C13H16N2O/c1-9(2)14-15-13(16)12-8-11(12)10-6-4-3-5-7-10/h3-7,11-12H,8H2,1-2H3,(H,15,16)/t11-,12+/m1/s1. The van der Waals surface area contributed by atoms with Crippen molar-refractivity contribution in [3.05, 3.63) is 35.9 Å². The molecule has 2 rings (SSSR count). The summed E-state index contributed by atoms with van der Waals surface area (Å²) in [5.41, 5.74) is 4.71. The zero-order valence-electron chi connectivity index (χ0n) is 9.60. The van der Waals surface area contributed by atoms with E-state index in [-0.39, 0.29) is 11.8 Å². The molecule has 1 fully saturated rings. The molecule has 16 heavy (non-hydrogen) atoms. The van der Waals surface area contributed by atoms with Gasteiger partial charge in [-0.25, -0.2) is 5.43 Å². The minimum absolute atomic E-state index is 0.0371. The molecule has 1 aliphatic rings. The van der Waals surface area contributed by atoms with Crippen LogP contribution in [-0.2, 0) is 4.79 Å². The van der Waals surface area contributed by atoms with Crippen molar-refractivity contribution in [2.24, 2.45) is 11.0 Å². The van der Waals surface area contributed by atoms with Gasteiger partial charge in [0, 0.05) is 11.6 Å². The minimum Gasteiger partial charge on any atom is -0.273 e. The van der Waals surface area contributed by atoms with Crippen LogP contribution >= 0.6 is 0 Å². The van der Waals surface area contributed by atoms with Gasteiger partial charge in [0.05, 0.1) is 0 Å². The largest absolute Gasteiger partial charge is 0.273 e. The molecule has 1 aromatic rings. The summed E-state index contributed by atoms with van der Waals surface area (Å²) in [6.07, 6.45) is 0.939. The highest BCUT2D eigenvalue weighted by Gasteiger charge is 2.43. The van der Waals surface area contributed by atoms with Crippen LogP contribution in [0, 0.1) is 5.92 Å². The van der Waals surface area contributed by atoms with Crippen molar-refractivity contribution in [3.8, 4) is 0 Å². The Bertz CT molecular complexity index is 407. The normalized spacial score (nSPS) is 22.4. The summed E-state index contributed by atoms with van der Waals surface area (Å²) in [5, 5.41) is 3.93. The van der Waals surface area contributed by atoms with Crippen LogP contribution in [-0.4, -0.2) is 11.6 Å². The first-order chi connectivity index (χ1) is 7.68. The van der Waals surface area contributed by atoms with Crippen LogP contribution in [0.2, 0.25) is 0 Å². The summed E-state index contributed by atoms with van der Waals surface area (Å²) >= 11 is 0. The maximum atomic E-state index is 11.7. The van der Waals surface area contributed by atoms with E-state index in [2.05, 4.69) is 22.7 Å². The Balaban J connectivity index is 1.92. The average Bonchev–Trinajstić information content (AvgIpc) is 3.07. The molecule has 84 valence electrons.